The molecule has 0 radical (unpaired) electrons. The lowest BCUT2D eigenvalue weighted by Crippen LogP contribution is -2.21. The van der Waals surface area contributed by atoms with Gasteiger partial charge in [0.25, 0.3) is 0 Å². The van der Waals surface area contributed by atoms with Crippen LogP contribution in [0.1, 0.15) is 18.5 Å². The SMILES string of the molecule is CC(N)c1ccc(NC(=O)CN)cc1.Cl. The van der Waals surface area contributed by atoms with Crippen LogP contribution in [0.25, 0.3) is 0 Å². The number of halogens is 1. The highest BCUT2D eigenvalue weighted by atomic mass is 35.5. The third kappa shape index (κ3) is 4.29. The molecule has 0 aromatic heterocycles. The van der Waals surface area contributed by atoms with Crippen molar-refractivity contribution in [2.24, 2.45) is 11.5 Å². The van der Waals surface area contributed by atoms with E-state index in [1.165, 1.54) is 0 Å². The molecular weight excluding hydrogens is 214 g/mol. The van der Waals surface area contributed by atoms with Gasteiger partial charge in [-0.1, -0.05) is 12.1 Å². The van der Waals surface area contributed by atoms with Crippen molar-refractivity contribution in [3.8, 4) is 0 Å². The highest BCUT2D eigenvalue weighted by Gasteiger charge is 2.01. The van der Waals surface area contributed by atoms with Crippen molar-refractivity contribution in [3.05, 3.63) is 29.8 Å². The molecule has 1 unspecified atom stereocenters. The molecule has 0 spiro atoms. The molecule has 1 rings (SSSR count). The molecule has 1 amide bonds. The monoisotopic (exact) mass is 229 g/mol. The zero-order valence-corrected chi connectivity index (χ0v) is 9.38. The Hall–Kier alpha value is -1.10. The van der Waals surface area contributed by atoms with Crippen molar-refractivity contribution >= 4 is 24.0 Å². The molecule has 15 heavy (non-hydrogen) atoms. The van der Waals surface area contributed by atoms with Gasteiger partial charge in [0, 0.05) is 11.7 Å². The quantitative estimate of drug-likeness (QED) is 0.724. The Morgan fingerprint density at radius 3 is 2.33 bits per heavy atom. The van der Waals surface area contributed by atoms with Gasteiger partial charge in [-0.3, -0.25) is 4.79 Å². The first-order valence-electron chi connectivity index (χ1n) is 4.49. The largest absolute Gasteiger partial charge is 0.325 e. The first-order valence-corrected chi connectivity index (χ1v) is 4.49. The van der Waals surface area contributed by atoms with Crippen molar-refractivity contribution in [1.82, 2.24) is 0 Å². The van der Waals surface area contributed by atoms with E-state index in [2.05, 4.69) is 5.32 Å². The summed E-state index contributed by atoms with van der Waals surface area (Å²) in [6, 6.07) is 7.40. The van der Waals surface area contributed by atoms with Gasteiger partial charge in [-0.15, -0.1) is 12.4 Å². The third-order valence-corrected chi connectivity index (χ3v) is 1.91. The lowest BCUT2D eigenvalue weighted by molar-refractivity contribution is -0.114. The number of amides is 1. The second-order valence-electron chi connectivity index (χ2n) is 3.16. The molecule has 5 N–H and O–H groups in total. The van der Waals surface area contributed by atoms with E-state index in [1.807, 2.05) is 31.2 Å². The molecular formula is C10H16ClN3O. The van der Waals surface area contributed by atoms with Crippen LogP contribution in [0.5, 0.6) is 0 Å². The second-order valence-corrected chi connectivity index (χ2v) is 3.16. The van der Waals surface area contributed by atoms with Crippen LogP contribution in [0.3, 0.4) is 0 Å². The average Bonchev–Trinajstić information content (AvgIpc) is 2.18. The lowest BCUT2D eigenvalue weighted by atomic mass is 10.1. The average molecular weight is 230 g/mol. The van der Waals surface area contributed by atoms with E-state index >= 15 is 0 Å². The summed E-state index contributed by atoms with van der Waals surface area (Å²) in [6.45, 7) is 1.91. The Bertz CT molecular complexity index is 311. The Morgan fingerprint density at radius 1 is 1.40 bits per heavy atom. The summed E-state index contributed by atoms with van der Waals surface area (Å²) in [5, 5.41) is 2.65. The van der Waals surface area contributed by atoms with Crippen LogP contribution in [-0.4, -0.2) is 12.5 Å². The van der Waals surface area contributed by atoms with Gasteiger partial charge in [0.05, 0.1) is 6.54 Å². The maximum atomic E-state index is 10.9. The van der Waals surface area contributed by atoms with E-state index < -0.39 is 0 Å². The molecule has 0 aliphatic carbocycles. The Balaban J connectivity index is 0.00000196. The predicted molar refractivity (Wildman–Crippen MR) is 64.0 cm³/mol. The van der Waals surface area contributed by atoms with Gasteiger partial charge in [0.1, 0.15) is 0 Å². The van der Waals surface area contributed by atoms with E-state index in [0.29, 0.717) is 0 Å². The topological polar surface area (TPSA) is 81.1 Å². The van der Waals surface area contributed by atoms with E-state index in [9.17, 15) is 4.79 Å². The summed E-state index contributed by atoms with van der Waals surface area (Å²) in [4.78, 5) is 10.9. The van der Waals surface area contributed by atoms with Crippen molar-refractivity contribution < 1.29 is 4.79 Å². The van der Waals surface area contributed by atoms with Gasteiger partial charge < -0.3 is 16.8 Å². The van der Waals surface area contributed by atoms with E-state index in [0.717, 1.165) is 11.3 Å². The summed E-state index contributed by atoms with van der Waals surface area (Å²) in [7, 11) is 0. The standard InChI is InChI=1S/C10H15N3O.ClH/c1-7(12)8-2-4-9(5-3-8)13-10(14)6-11;/h2-5,7H,6,11-12H2,1H3,(H,13,14);1H. The van der Waals surface area contributed by atoms with E-state index in [-0.39, 0.29) is 30.9 Å². The molecule has 0 aliphatic heterocycles. The molecule has 0 saturated heterocycles. The fourth-order valence-corrected chi connectivity index (χ4v) is 1.08. The number of rotatable bonds is 3. The maximum Gasteiger partial charge on any atom is 0.238 e. The van der Waals surface area contributed by atoms with Crippen LogP contribution in [0, 0.1) is 0 Å². The molecule has 0 heterocycles. The number of benzene rings is 1. The zero-order valence-electron chi connectivity index (χ0n) is 8.57. The Kier molecular flexibility index (Phi) is 5.93. The summed E-state index contributed by atoms with van der Waals surface area (Å²) in [5.41, 5.74) is 12.6. The molecule has 4 nitrogen and oxygen atoms in total. The lowest BCUT2D eigenvalue weighted by Gasteiger charge is -2.07. The zero-order chi connectivity index (χ0) is 10.6. The number of hydrogen-bond donors (Lipinski definition) is 3. The minimum atomic E-state index is -0.196. The first kappa shape index (κ1) is 13.9. The van der Waals surface area contributed by atoms with Crippen molar-refractivity contribution in [1.29, 1.82) is 0 Å². The first-order chi connectivity index (χ1) is 6.63. The number of hydrogen-bond acceptors (Lipinski definition) is 3. The number of nitrogens with one attached hydrogen (secondary N) is 1. The molecule has 5 heteroatoms. The smallest absolute Gasteiger partial charge is 0.238 e. The minimum Gasteiger partial charge on any atom is -0.325 e. The van der Waals surface area contributed by atoms with E-state index in [1.54, 1.807) is 0 Å². The number of anilines is 1. The number of nitrogens with two attached hydrogens (primary N) is 2. The Morgan fingerprint density at radius 2 is 1.93 bits per heavy atom. The maximum absolute atomic E-state index is 10.9. The van der Waals surface area contributed by atoms with Gasteiger partial charge in [-0.2, -0.15) is 0 Å². The van der Waals surface area contributed by atoms with Crippen LogP contribution in [0.2, 0.25) is 0 Å². The molecule has 1 aromatic carbocycles. The molecule has 0 bridgehead atoms. The fourth-order valence-electron chi connectivity index (χ4n) is 1.08. The van der Waals surface area contributed by atoms with Crippen LogP contribution in [0.4, 0.5) is 5.69 Å². The highest BCUT2D eigenvalue weighted by Crippen LogP contribution is 2.13. The minimum absolute atomic E-state index is 0. The van der Waals surface area contributed by atoms with Crippen molar-refractivity contribution in [3.63, 3.8) is 0 Å². The second kappa shape index (κ2) is 6.40. The van der Waals surface area contributed by atoms with Gasteiger partial charge in [-0.25, -0.2) is 0 Å². The molecule has 0 aliphatic rings. The van der Waals surface area contributed by atoms with Gasteiger partial charge in [0.2, 0.25) is 5.91 Å². The molecule has 1 aromatic rings. The summed E-state index contributed by atoms with van der Waals surface area (Å²) >= 11 is 0. The Labute approximate surface area is 95.4 Å². The van der Waals surface area contributed by atoms with Crippen LogP contribution >= 0.6 is 12.4 Å². The van der Waals surface area contributed by atoms with Crippen LogP contribution in [0.15, 0.2) is 24.3 Å². The van der Waals surface area contributed by atoms with E-state index in [4.69, 9.17) is 11.5 Å². The molecule has 1 atom stereocenters. The fraction of sp³-hybridized carbons (Fsp3) is 0.300. The van der Waals surface area contributed by atoms with Gasteiger partial charge in [0.15, 0.2) is 0 Å². The van der Waals surface area contributed by atoms with Crippen molar-refractivity contribution in [2.45, 2.75) is 13.0 Å². The molecule has 0 saturated carbocycles. The predicted octanol–water partition coefficient (Wildman–Crippen LogP) is 1.03. The summed E-state index contributed by atoms with van der Waals surface area (Å²) < 4.78 is 0. The van der Waals surface area contributed by atoms with Gasteiger partial charge in [-0.05, 0) is 24.6 Å². The highest BCUT2D eigenvalue weighted by molar-refractivity contribution is 5.92. The molecule has 0 fully saturated rings. The van der Waals surface area contributed by atoms with Crippen LogP contribution < -0.4 is 16.8 Å². The number of carbonyl (C=O) groups excluding carboxylic acids is 1. The van der Waals surface area contributed by atoms with Crippen molar-refractivity contribution in [2.75, 3.05) is 11.9 Å². The van der Waals surface area contributed by atoms with Gasteiger partial charge >= 0.3 is 0 Å². The molecule has 84 valence electrons. The number of carbonyl (C=O) groups is 1. The van der Waals surface area contributed by atoms with Crippen LogP contribution in [-0.2, 0) is 4.79 Å². The normalized spacial score (nSPS) is 11.4. The summed E-state index contributed by atoms with van der Waals surface area (Å²) in [6.07, 6.45) is 0. The summed E-state index contributed by atoms with van der Waals surface area (Å²) in [5.74, 6) is -0.196. The third-order valence-electron chi connectivity index (χ3n) is 1.91.